The Kier molecular flexibility index (Phi) is 2.87. The Morgan fingerprint density at radius 2 is 1.79 bits per heavy atom. The van der Waals surface area contributed by atoms with Gasteiger partial charge in [-0.2, -0.15) is 0 Å². The summed E-state index contributed by atoms with van der Waals surface area (Å²) in [7, 11) is 0. The molecule has 1 saturated carbocycles. The average molecular weight is 257 g/mol. The maximum atomic E-state index is 6.60. The summed E-state index contributed by atoms with van der Waals surface area (Å²) in [5.41, 5.74) is 8.09. The Morgan fingerprint density at radius 3 is 2.42 bits per heavy atom. The van der Waals surface area contributed by atoms with Crippen LogP contribution in [0.3, 0.4) is 0 Å². The van der Waals surface area contributed by atoms with Gasteiger partial charge in [-0.1, -0.05) is 30.3 Å². The summed E-state index contributed by atoms with van der Waals surface area (Å²) >= 11 is 0. The van der Waals surface area contributed by atoms with Crippen molar-refractivity contribution in [1.29, 1.82) is 0 Å². The lowest BCUT2D eigenvalue weighted by Crippen LogP contribution is -2.66. The molecule has 102 valence electrons. The molecular formula is C16H23N3. The predicted octanol–water partition coefficient (Wildman–Crippen LogP) is 1.12. The van der Waals surface area contributed by atoms with Crippen LogP contribution in [-0.2, 0) is 0 Å². The molecule has 4 atom stereocenters. The van der Waals surface area contributed by atoms with Crippen molar-refractivity contribution < 1.29 is 0 Å². The fraction of sp³-hybridized carbons (Fsp3) is 0.625. The second-order valence-electron chi connectivity index (χ2n) is 6.40. The van der Waals surface area contributed by atoms with Crippen LogP contribution < -0.4 is 5.73 Å². The monoisotopic (exact) mass is 257 g/mol. The molecule has 3 nitrogen and oxygen atoms in total. The van der Waals surface area contributed by atoms with E-state index < -0.39 is 0 Å². The summed E-state index contributed by atoms with van der Waals surface area (Å²) in [4.78, 5) is 5.22. The highest BCUT2D eigenvalue weighted by atomic mass is 15.3. The Labute approximate surface area is 115 Å². The molecule has 0 spiro atoms. The molecule has 1 aliphatic carbocycles. The van der Waals surface area contributed by atoms with E-state index in [4.69, 9.17) is 5.73 Å². The van der Waals surface area contributed by atoms with Crippen molar-refractivity contribution in [2.75, 3.05) is 32.7 Å². The van der Waals surface area contributed by atoms with Crippen molar-refractivity contribution >= 4 is 0 Å². The first-order chi connectivity index (χ1) is 9.33. The van der Waals surface area contributed by atoms with Crippen LogP contribution in [0.4, 0.5) is 0 Å². The molecule has 2 bridgehead atoms. The first-order valence-corrected chi connectivity index (χ1v) is 7.60. The van der Waals surface area contributed by atoms with Gasteiger partial charge in [0, 0.05) is 44.8 Å². The molecule has 3 heterocycles. The summed E-state index contributed by atoms with van der Waals surface area (Å²) in [6, 6.07) is 11.9. The summed E-state index contributed by atoms with van der Waals surface area (Å²) in [5.74, 6) is 1.42. The van der Waals surface area contributed by atoms with Crippen LogP contribution >= 0.6 is 0 Å². The number of piperazine rings is 3. The third kappa shape index (κ3) is 2.10. The van der Waals surface area contributed by atoms with Gasteiger partial charge < -0.3 is 5.73 Å². The second kappa shape index (κ2) is 4.58. The molecule has 4 unspecified atom stereocenters. The van der Waals surface area contributed by atoms with Gasteiger partial charge in [-0.25, -0.2) is 0 Å². The molecule has 3 heteroatoms. The number of fused-ring (bicyclic) bond motifs is 3. The summed E-state index contributed by atoms with van der Waals surface area (Å²) < 4.78 is 0. The first-order valence-electron chi connectivity index (χ1n) is 7.60. The van der Waals surface area contributed by atoms with E-state index in [1.54, 1.807) is 0 Å². The van der Waals surface area contributed by atoms with E-state index in [-0.39, 0.29) is 0 Å². The Hall–Kier alpha value is -0.900. The van der Waals surface area contributed by atoms with E-state index in [9.17, 15) is 0 Å². The Morgan fingerprint density at radius 1 is 1.05 bits per heavy atom. The van der Waals surface area contributed by atoms with Crippen molar-refractivity contribution in [2.24, 2.45) is 11.7 Å². The third-order valence-electron chi connectivity index (χ3n) is 5.33. The van der Waals surface area contributed by atoms with Crippen molar-refractivity contribution in [3.8, 4) is 0 Å². The molecule has 4 aliphatic rings. The van der Waals surface area contributed by atoms with E-state index in [1.165, 1.54) is 44.7 Å². The molecule has 3 aliphatic heterocycles. The zero-order valence-corrected chi connectivity index (χ0v) is 11.4. The molecule has 3 saturated heterocycles. The highest BCUT2D eigenvalue weighted by Gasteiger charge is 2.48. The fourth-order valence-electron chi connectivity index (χ4n) is 4.03. The van der Waals surface area contributed by atoms with Gasteiger partial charge in [-0.05, 0) is 23.8 Å². The van der Waals surface area contributed by atoms with Gasteiger partial charge in [-0.3, -0.25) is 9.80 Å². The maximum Gasteiger partial charge on any atom is 0.0378 e. The minimum Gasteiger partial charge on any atom is -0.326 e. The van der Waals surface area contributed by atoms with Gasteiger partial charge in [0.2, 0.25) is 0 Å². The summed E-state index contributed by atoms with van der Waals surface area (Å²) in [6.07, 6.45) is 1.29. The van der Waals surface area contributed by atoms with Crippen molar-refractivity contribution in [1.82, 2.24) is 9.80 Å². The van der Waals surface area contributed by atoms with E-state index in [0.717, 1.165) is 0 Å². The van der Waals surface area contributed by atoms with Gasteiger partial charge in [0.15, 0.2) is 0 Å². The first kappa shape index (κ1) is 11.9. The highest BCUT2D eigenvalue weighted by molar-refractivity contribution is 5.27. The zero-order valence-electron chi connectivity index (χ0n) is 11.4. The lowest BCUT2D eigenvalue weighted by atomic mass is 9.95. The second-order valence-corrected chi connectivity index (χ2v) is 6.40. The van der Waals surface area contributed by atoms with Gasteiger partial charge in [0.25, 0.3) is 0 Å². The van der Waals surface area contributed by atoms with Crippen molar-refractivity contribution in [3.05, 3.63) is 35.9 Å². The number of hydrogen-bond acceptors (Lipinski definition) is 3. The van der Waals surface area contributed by atoms with Crippen LogP contribution in [0, 0.1) is 5.92 Å². The maximum absolute atomic E-state index is 6.60. The van der Waals surface area contributed by atoms with Crippen molar-refractivity contribution in [2.45, 2.75) is 24.4 Å². The largest absolute Gasteiger partial charge is 0.326 e. The fourth-order valence-corrected chi connectivity index (χ4v) is 4.03. The third-order valence-corrected chi connectivity index (χ3v) is 5.33. The van der Waals surface area contributed by atoms with Gasteiger partial charge in [0.1, 0.15) is 0 Å². The Bertz CT molecular complexity index is 439. The molecule has 1 aromatic carbocycles. The molecule has 5 rings (SSSR count). The van der Waals surface area contributed by atoms with Gasteiger partial charge >= 0.3 is 0 Å². The summed E-state index contributed by atoms with van der Waals surface area (Å²) in [6.45, 7) is 6.13. The Balaban J connectivity index is 1.44. The lowest BCUT2D eigenvalue weighted by molar-refractivity contribution is -0.000751. The summed E-state index contributed by atoms with van der Waals surface area (Å²) in [5, 5.41) is 0. The van der Waals surface area contributed by atoms with E-state index in [2.05, 4.69) is 40.1 Å². The number of rotatable bonds is 3. The minimum atomic E-state index is 0.355. The van der Waals surface area contributed by atoms with Crippen LogP contribution in [0.1, 0.15) is 17.9 Å². The molecule has 19 heavy (non-hydrogen) atoms. The quantitative estimate of drug-likeness (QED) is 0.880. The minimum absolute atomic E-state index is 0.355. The number of nitrogens with two attached hydrogens (primary N) is 1. The zero-order chi connectivity index (χ0) is 12.8. The molecule has 2 N–H and O–H groups in total. The highest BCUT2D eigenvalue weighted by Crippen LogP contribution is 2.50. The van der Waals surface area contributed by atoms with Crippen LogP contribution in [-0.4, -0.2) is 54.6 Å². The molecule has 0 amide bonds. The smallest absolute Gasteiger partial charge is 0.0378 e. The number of benzene rings is 1. The lowest BCUT2D eigenvalue weighted by Gasteiger charge is -2.49. The molecular weight excluding hydrogens is 234 g/mol. The molecule has 4 fully saturated rings. The van der Waals surface area contributed by atoms with E-state index in [1.807, 2.05) is 0 Å². The van der Waals surface area contributed by atoms with Crippen LogP contribution in [0.15, 0.2) is 30.3 Å². The average Bonchev–Trinajstić information content (AvgIpc) is 3.29. The number of hydrogen-bond donors (Lipinski definition) is 1. The van der Waals surface area contributed by atoms with Crippen LogP contribution in [0.25, 0.3) is 0 Å². The topological polar surface area (TPSA) is 32.5 Å². The van der Waals surface area contributed by atoms with E-state index >= 15 is 0 Å². The normalized spacial score (nSPS) is 42.1. The number of nitrogens with zero attached hydrogens (tertiary/aromatic N) is 2. The van der Waals surface area contributed by atoms with Gasteiger partial charge in [-0.15, -0.1) is 0 Å². The predicted molar refractivity (Wildman–Crippen MR) is 77.1 cm³/mol. The molecule has 0 radical (unpaired) electrons. The van der Waals surface area contributed by atoms with Crippen molar-refractivity contribution in [3.63, 3.8) is 0 Å². The standard InChI is InChI=1S/C16H23N3/c17-16(15-11-18-6-8-19(15)9-7-18)14-10-13(14)12-4-2-1-3-5-12/h1-5,13-16H,6-11,17H2. The molecule has 0 aromatic heterocycles. The van der Waals surface area contributed by atoms with E-state index in [0.29, 0.717) is 23.9 Å². The van der Waals surface area contributed by atoms with Crippen LogP contribution in [0.2, 0.25) is 0 Å². The SMILES string of the molecule is NC(C1CC1c1ccccc1)C1CN2CCN1CC2. The van der Waals surface area contributed by atoms with Crippen LogP contribution in [0.5, 0.6) is 0 Å². The molecule has 1 aromatic rings. The van der Waals surface area contributed by atoms with Gasteiger partial charge in [0.05, 0.1) is 0 Å².